The number of amides is 1. The maximum absolute atomic E-state index is 11.3. The predicted molar refractivity (Wildman–Crippen MR) is 59.2 cm³/mol. The molecule has 1 aromatic rings. The van der Waals surface area contributed by atoms with Crippen molar-refractivity contribution in [3.8, 4) is 5.75 Å². The largest absolute Gasteiger partial charge is 0.470 e. The van der Waals surface area contributed by atoms with Crippen LogP contribution in [0.2, 0.25) is 0 Å². The molecule has 2 rings (SSSR count). The topological polar surface area (TPSA) is 29.5 Å². The summed E-state index contributed by atoms with van der Waals surface area (Å²) in [7, 11) is 0. The third-order valence-electron chi connectivity index (χ3n) is 2.67. The molecule has 0 unspecified atom stereocenters. The second kappa shape index (κ2) is 3.57. The SMILES string of the molecule is CC(=O)N1COc2cc(C(C)C)ccc21. The van der Waals surface area contributed by atoms with Gasteiger partial charge in [0, 0.05) is 6.92 Å². The molecule has 0 saturated heterocycles. The van der Waals surface area contributed by atoms with Crippen LogP contribution in [-0.4, -0.2) is 12.6 Å². The van der Waals surface area contributed by atoms with Gasteiger partial charge in [0.2, 0.25) is 5.91 Å². The fourth-order valence-corrected chi connectivity index (χ4v) is 1.69. The van der Waals surface area contributed by atoms with Gasteiger partial charge in [0.25, 0.3) is 0 Å². The van der Waals surface area contributed by atoms with Crippen LogP contribution in [0.4, 0.5) is 5.69 Å². The Balaban J connectivity index is 2.37. The van der Waals surface area contributed by atoms with E-state index in [1.165, 1.54) is 5.56 Å². The molecule has 1 aliphatic rings. The number of nitrogens with zero attached hydrogens (tertiary/aromatic N) is 1. The van der Waals surface area contributed by atoms with Crippen molar-refractivity contribution < 1.29 is 9.53 Å². The minimum absolute atomic E-state index is 0.0195. The normalized spacial score (nSPS) is 14.0. The summed E-state index contributed by atoms with van der Waals surface area (Å²) in [6, 6.07) is 6.02. The van der Waals surface area contributed by atoms with Gasteiger partial charge in [-0.25, -0.2) is 0 Å². The summed E-state index contributed by atoms with van der Waals surface area (Å²) in [6.45, 7) is 6.17. The number of rotatable bonds is 1. The van der Waals surface area contributed by atoms with Gasteiger partial charge in [0.15, 0.2) is 6.73 Å². The first kappa shape index (κ1) is 10.0. The number of ether oxygens (including phenoxy) is 1. The van der Waals surface area contributed by atoms with Crippen LogP contribution < -0.4 is 9.64 Å². The van der Waals surface area contributed by atoms with E-state index in [-0.39, 0.29) is 5.91 Å². The maximum Gasteiger partial charge on any atom is 0.226 e. The zero-order valence-electron chi connectivity index (χ0n) is 9.28. The molecule has 0 atom stereocenters. The lowest BCUT2D eigenvalue weighted by molar-refractivity contribution is -0.116. The van der Waals surface area contributed by atoms with Crippen molar-refractivity contribution in [2.75, 3.05) is 11.6 Å². The van der Waals surface area contributed by atoms with Crippen molar-refractivity contribution in [2.24, 2.45) is 0 Å². The highest BCUT2D eigenvalue weighted by atomic mass is 16.5. The third-order valence-corrected chi connectivity index (χ3v) is 2.67. The number of carbonyl (C=O) groups is 1. The lowest BCUT2D eigenvalue weighted by Gasteiger charge is -2.11. The summed E-state index contributed by atoms with van der Waals surface area (Å²) in [5, 5.41) is 0. The van der Waals surface area contributed by atoms with Crippen molar-refractivity contribution >= 4 is 11.6 Å². The van der Waals surface area contributed by atoms with Crippen molar-refractivity contribution in [2.45, 2.75) is 26.7 Å². The molecule has 0 radical (unpaired) electrons. The quantitative estimate of drug-likeness (QED) is 0.705. The van der Waals surface area contributed by atoms with E-state index in [1.807, 2.05) is 18.2 Å². The molecule has 0 fully saturated rings. The Bertz CT molecular complexity index is 399. The van der Waals surface area contributed by atoms with Gasteiger partial charge in [-0.2, -0.15) is 0 Å². The van der Waals surface area contributed by atoms with E-state index in [0.717, 1.165) is 11.4 Å². The van der Waals surface area contributed by atoms with Gasteiger partial charge in [-0.3, -0.25) is 9.69 Å². The van der Waals surface area contributed by atoms with E-state index in [0.29, 0.717) is 12.6 Å². The summed E-state index contributed by atoms with van der Waals surface area (Å²) < 4.78 is 5.47. The number of hydrogen-bond acceptors (Lipinski definition) is 2. The molecular formula is C12H15NO2. The Labute approximate surface area is 89.7 Å². The monoisotopic (exact) mass is 205 g/mol. The number of benzene rings is 1. The summed E-state index contributed by atoms with van der Waals surface area (Å²) >= 11 is 0. The average Bonchev–Trinajstić information content (AvgIpc) is 2.59. The van der Waals surface area contributed by atoms with Gasteiger partial charge in [-0.1, -0.05) is 19.9 Å². The molecule has 1 aromatic carbocycles. The summed E-state index contributed by atoms with van der Waals surface area (Å²) in [6.07, 6.45) is 0. The van der Waals surface area contributed by atoms with Crippen LogP contribution in [0, 0.1) is 0 Å². The molecule has 0 aliphatic carbocycles. The molecule has 1 aliphatic heterocycles. The second-order valence-electron chi connectivity index (χ2n) is 4.10. The van der Waals surface area contributed by atoms with Crippen LogP contribution >= 0.6 is 0 Å². The Hall–Kier alpha value is -1.51. The van der Waals surface area contributed by atoms with Crippen LogP contribution in [0.25, 0.3) is 0 Å². The third kappa shape index (κ3) is 1.69. The molecule has 3 heteroatoms. The van der Waals surface area contributed by atoms with E-state index in [4.69, 9.17) is 4.74 Å². The van der Waals surface area contributed by atoms with Crippen molar-refractivity contribution in [1.82, 2.24) is 0 Å². The van der Waals surface area contributed by atoms with Gasteiger partial charge < -0.3 is 4.74 Å². The minimum Gasteiger partial charge on any atom is -0.470 e. The Morgan fingerprint density at radius 1 is 1.47 bits per heavy atom. The highest BCUT2D eigenvalue weighted by Gasteiger charge is 2.23. The van der Waals surface area contributed by atoms with Gasteiger partial charge in [0.1, 0.15) is 5.75 Å². The molecule has 80 valence electrons. The maximum atomic E-state index is 11.3. The first-order chi connectivity index (χ1) is 7.09. The fourth-order valence-electron chi connectivity index (χ4n) is 1.69. The molecule has 15 heavy (non-hydrogen) atoms. The summed E-state index contributed by atoms with van der Waals surface area (Å²) in [4.78, 5) is 12.9. The molecule has 0 aromatic heterocycles. The Kier molecular flexibility index (Phi) is 2.39. The molecule has 1 amide bonds. The van der Waals surface area contributed by atoms with Crippen molar-refractivity contribution in [3.05, 3.63) is 23.8 Å². The summed E-state index contributed by atoms with van der Waals surface area (Å²) in [5.41, 5.74) is 2.12. The second-order valence-corrected chi connectivity index (χ2v) is 4.10. The van der Waals surface area contributed by atoms with Crippen LogP contribution in [0.3, 0.4) is 0 Å². The van der Waals surface area contributed by atoms with Crippen molar-refractivity contribution in [3.63, 3.8) is 0 Å². The van der Waals surface area contributed by atoms with Crippen LogP contribution in [0.5, 0.6) is 5.75 Å². The van der Waals surface area contributed by atoms with E-state index < -0.39 is 0 Å². The molecule has 0 N–H and O–H groups in total. The van der Waals surface area contributed by atoms with Crippen molar-refractivity contribution in [1.29, 1.82) is 0 Å². The Morgan fingerprint density at radius 2 is 2.20 bits per heavy atom. The molecule has 0 saturated carbocycles. The van der Waals surface area contributed by atoms with Crippen LogP contribution in [0.1, 0.15) is 32.3 Å². The zero-order valence-corrected chi connectivity index (χ0v) is 9.28. The van der Waals surface area contributed by atoms with Crippen LogP contribution in [0.15, 0.2) is 18.2 Å². The zero-order chi connectivity index (χ0) is 11.0. The van der Waals surface area contributed by atoms with E-state index in [2.05, 4.69) is 13.8 Å². The fraction of sp³-hybridized carbons (Fsp3) is 0.417. The van der Waals surface area contributed by atoms with E-state index >= 15 is 0 Å². The first-order valence-electron chi connectivity index (χ1n) is 5.14. The summed E-state index contributed by atoms with van der Waals surface area (Å²) in [5.74, 6) is 1.31. The first-order valence-corrected chi connectivity index (χ1v) is 5.14. The molecule has 3 nitrogen and oxygen atoms in total. The van der Waals surface area contributed by atoms with Gasteiger partial charge >= 0.3 is 0 Å². The number of fused-ring (bicyclic) bond motifs is 1. The number of hydrogen-bond donors (Lipinski definition) is 0. The smallest absolute Gasteiger partial charge is 0.226 e. The highest BCUT2D eigenvalue weighted by molar-refractivity contribution is 5.94. The number of carbonyl (C=O) groups excluding carboxylic acids is 1. The number of anilines is 1. The van der Waals surface area contributed by atoms with E-state index in [1.54, 1.807) is 11.8 Å². The lowest BCUT2D eigenvalue weighted by atomic mass is 10.0. The van der Waals surface area contributed by atoms with Gasteiger partial charge in [-0.15, -0.1) is 0 Å². The molecular weight excluding hydrogens is 190 g/mol. The standard InChI is InChI=1S/C12H15NO2/c1-8(2)10-4-5-11-12(6-10)15-7-13(11)9(3)14/h4-6,8H,7H2,1-3H3. The van der Waals surface area contributed by atoms with Gasteiger partial charge in [-0.05, 0) is 23.6 Å². The minimum atomic E-state index is 0.0195. The highest BCUT2D eigenvalue weighted by Crippen LogP contribution is 2.36. The van der Waals surface area contributed by atoms with Gasteiger partial charge in [0.05, 0.1) is 5.69 Å². The lowest BCUT2D eigenvalue weighted by Crippen LogP contribution is -2.27. The molecule has 1 heterocycles. The predicted octanol–water partition coefficient (Wildman–Crippen LogP) is 2.51. The van der Waals surface area contributed by atoms with Crippen LogP contribution in [-0.2, 0) is 4.79 Å². The Morgan fingerprint density at radius 3 is 2.80 bits per heavy atom. The molecule has 0 spiro atoms. The molecule has 0 bridgehead atoms. The average molecular weight is 205 g/mol. The van der Waals surface area contributed by atoms with E-state index in [9.17, 15) is 4.79 Å².